The summed E-state index contributed by atoms with van der Waals surface area (Å²) >= 11 is 6.07. The maximum Gasteiger partial charge on any atom is 0.325 e. The van der Waals surface area contributed by atoms with E-state index in [9.17, 15) is 13.2 Å². The van der Waals surface area contributed by atoms with Crippen molar-refractivity contribution in [1.29, 1.82) is 0 Å². The van der Waals surface area contributed by atoms with Gasteiger partial charge in [0.1, 0.15) is 6.54 Å². The van der Waals surface area contributed by atoms with E-state index in [1.54, 1.807) is 37.3 Å². The molecule has 1 N–H and O–H groups in total. The number of anilines is 1. The molecule has 0 aliphatic carbocycles. The molecular formula is C17H18ClNO4S. The van der Waals surface area contributed by atoms with Crippen LogP contribution in [0.25, 0.3) is 0 Å². The van der Waals surface area contributed by atoms with Crippen LogP contribution in [0.3, 0.4) is 0 Å². The van der Waals surface area contributed by atoms with Crippen LogP contribution in [-0.2, 0) is 19.4 Å². The first-order valence-electron chi connectivity index (χ1n) is 7.18. The topological polar surface area (TPSA) is 72.5 Å². The number of nitrogens with one attached hydrogen (secondary N) is 1. The normalized spacial score (nSPS) is 11.2. The minimum atomic E-state index is -3.72. The number of ether oxygens (including phenoxy) is 1. The summed E-state index contributed by atoms with van der Waals surface area (Å²) < 4.78 is 30.3. The van der Waals surface area contributed by atoms with Crippen molar-refractivity contribution < 1.29 is 17.9 Å². The third-order valence-electron chi connectivity index (χ3n) is 3.60. The number of methoxy groups -OCH3 is 1. The van der Waals surface area contributed by atoms with Crippen molar-refractivity contribution in [2.24, 2.45) is 0 Å². The first kappa shape index (κ1) is 18.3. The van der Waals surface area contributed by atoms with Crippen LogP contribution in [0.15, 0.2) is 46.2 Å². The summed E-state index contributed by atoms with van der Waals surface area (Å²) in [5.74, 6) is -0.461. The van der Waals surface area contributed by atoms with Gasteiger partial charge in [-0.25, -0.2) is 8.42 Å². The number of esters is 1. The first-order chi connectivity index (χ1) is 11.3. The van der Waals surface area contributed by atoms with Crippen LogP contribution >= 0.6 is 11.6 Å². The molecule has 0 saturated heterocycles. The summed E-state index contributed by atoms with van der Waals surface area (Å²) in [4.78, 5) is 11.6. The monoisotopic (exact) mass is 367 g/mol. The highest BCUT2D eigenvalue weighted by molar-refractivity contribution is 7.91. The Bertz CT molecular complexity index is 861. The van der Waals surface area contributed by atoms with Crippen molar-refractivity contribution in [1.82, 2.24) is 0 Å². The molecule has 128 valence electrons. The molecule has 2 aromatic rings. The summed E-state index contributed by atoms with van der Waals surface area (Å²) in [5.41, 5.74) is 1.93. The molecule has 0 atom stereocenters. The van der Waals surface area contributed by atoms with Gasteiger partial charge in [0.2, 0.25) is 9.84 Å². The fourth-order valence-electron chi connectivity index (χ4n) is 2.20. The first-order valence-corrected chi connectivity index (χ1v) is 9.04. The summed E-state index contributed by atoms with van der Waals surface area (Å²) in [6.07, 6.45) is 0. The van der Waals surface area contributed by atoms with Gasteiger partial charge in [0.05, 0.1) is 16.9 Å². The van der Waals surface area contributed by atoms with Crippen LogP contribution in [0.1, 0.15) is 11.1 Å². The van der Waals surface area contributed by atoms with E-state index in [2.05, 4.69) is 10.1 Å². The predicted molar refractivity (Wildman–Crippen MR) is 93.3 cm³/mol. The molecule has 0 unspecified atom stereocenters. The maximum absolute atomic E-state index is 12.9. The van der Waals surface area contributed by atoms with Gasteiger partial charge in [-0.15, -0.1) is 0 Å². The highest BCUT2D eigenvalue weighted by Crippen LogP contribution is 2.31. The van der Waals surface area contributed by atoms with Gasteiger partial charge >= 0.3 is 5.97 Å². The lowest BCUT2D eigenvalue weighted by Crippen LogP contribution is -2.16. The summed E-state index contributed by atoms with van der Waals surface area (Å²) in [5, 5.41) is 3.12. The molecule has 7 heteroatoms. The van der Waals surface area contributed by atoms with E-state index in [1.807, 2.05) is 6.92 Å². The minimum Gasteiger partial charge on any atom is -0.468 e. The second kappa shape index (κ2) is 7.23. The fourth-order valence-corrected chi connectivity index (χ4v) is 4.03. The van der Waals surface area contributed by atoms with Gasteiger partial charge in [0, 0.05) is 10.7 Å². The van der Waals surface area contributed by atoms with Gasteiger partial charge in [-0.05, 0) is 43.7 Å². The summed E-state index contributed by atoms with van der Waals surface area (Å²) in [7, 11) is -2.44. The Morgan fingerprint density at radius 1 is 1.17 bits per heavy atom. The highest BCUT2D eigenvalue weighted by Gasteiger charge is 2.22. The Hall–Kier alpha value is -2.05. The molecule has 0 aliphatic rings. The highest BCUT2D eigenvalue weighted by atomic mass is 35.5. The van der Waals surface area contributed by atoms with Crippen LogP contribution in [0.2, 0.25) is 5.02 Å². The molecule has 2 aromatic carbocycles. The van der Waals surface area contributed by atoms with Crippen LogP contribution in [0.4, 0.5) is 5.69 Å². The quantitative estimate of drug-likeness (QED) is 0.820. The van der Waals surface area contributed by atoms with E-state index in [4.69, 9.17) is 11.6 Å². The molecule has 0 spiro atoms. The van der Waals surface area contributed by atoms with Gasteiger partial charge in [0.25, 0.3) is 0 Å². The lowest BCUT2D eigenvalue weighted by molar-refractivity contribution is -0.138. The van der Waals surface area contributed by atoms with Gasteiger partial charge in [0.15, 0.2) is 0 Å². The molecular weight excluding hydrogens is 350 g/mol. The van der Waals surface area contributed by atoms with Crippen molar-refractivity contribution in [3.63, 3.8) is 0 Å². The molecule has 5 nitrogen and oxygen atoms in total. The fraction of sp³-hybridized carbons (Fsp3) is 0.235. The smallest absolute Gasteiger partial charge is 0.325 e. The van der Waals surface area contributed by atoms with Crippen molar-refractivity contribution in [2.75, 3.05) is 19.0 Å². The Morgan fingerprint density at radius 3 is 2.38 bits per heavy atom. The van der Waals surface area contributed by atoms with Gasteiger partial charge in [-0.1, -0.05) is 29.3 Å². The standard InChI is InChI=1S/C17H18ClNO4S/c1-11-4-6-14(7-5-11)24(21,22)16-9-13(18)8-15(12(16)2)19-10-17(20)23-3/h4-9,19H,10H2,1-3H3. The Labute approximate surface area is 146 Å². The summed E-state index contributed by atoms with van der Waals surface area (Å²) in [6.45, 7) is 3.47. The number of hydrogen-bond donors (Lipinski definition) is 1. The number of aryl methyl sites for hydroxylation is 1. The molecule has 2 rings (SSSR count). The third kappa shape index (κ3) is 3.88. The second-order valence-corrected chi connectivity index (χ2v) is 7.68. The van der Waals surface area contributed by atoms with Crippen molar-refractivity contribution >= 4 is 33.1 Å². The van der Waals surface area contributed by atoms with E-state index >= 15 is 0 Å². The van der Waals surface area contributed by atoms with Gasteiger partial charge < -0.3 is 10.1 Å². The second-order valence-electron chi connectivity index (χ2n) is 5.32. The molecule has 0 bridgehead atoms. The third-order valence-corrected chi connectivity index (χ3v) is 5.71. The molecule has 0 saturated carbocycles. The van der Waals surface area contributed by atoms with Crippen LogP contribution in [0.5, 0.6) is 0 Å². The van der Waals surface area contributed by atoms with E-state index < -0.39 is 15.8 Å². The Balaban J connectivity index is 2.48. The Morgan fingerprint density at radius 2 is 1.79 bits per heavy atom. The SMILES string of the molecule is COC(=O)CNc1cc(Cl)cc(S(=O)(=O)c2ccc(C)cc2)c1C. The number of rotatable bonds is 5. The Kier molecular flexibility index (Phi) is 5.51. The molecule has 0 radical (unpaired) electrons. The van der Waals surface area contributed by atoms with Crippen LogP contribution in [0, 0.1) is 13.8 Å². The number of benzene rings is 2. The van der Waals surface area contributed by atoms with Crippen molar-refractivity contribution in [3.05, 3.63) is 52.5 Å². The van der Waals surface area contributed by atoms with E-state index in [1.165, 1.54) is 13.2 Å². The van der Waals surface area contributed by atoms with Crippen LogP contribution in [-0.4, -0.2) is 28.0 Å². The number of carbonyl (C=O) groups is 1. The zero-order valence-corrected chi connectivity index (χ0v) is 15.2. The summed E-state index contributed by atoms with van der Waals surface area (Å²) in [6, 6.07) is 9.59. The van der Waals surface area contributed by atoms with Crippen molar-refractivity contribution in [3.8, 4) is 0 Å². The molecule has 0 heterocycles. The largest absolute Gasteiger partial charge is 0.468 e. The zero-order chi connectivity index (χ0) is 17.9. The number of halogens is 1. The van der Waals surface area contributed by atoms with Gasteiger partial charge in [-0.3, -0.25) is 4.79 Å². The van der Waals surface area contributed by atoms with Crippen LogP contribution < -0.4 is 5.32 Å². The van der Waals surface area contributed by atoms with Crippen molar-refractivity contribution in [2.45, 2.75) is 23.6 Å². The predicted octanol–water partition coefficient (Wildman–Crippen LogP) is 3.37. The zero-order valence-electron chi connectivity index (χ0n) is 13.6. The molecule has 24 heavy (non-hydrogen) atoms. The number of hydrogen-bond acceptors (Lipinski definition) is 5. The van der Waals surface area contributed by atoms with E-state index in [-0.39, 0.29) is 21.4 Å². The molecule has 0 fully saturated rings. The lowest BCUT2D eigenvalue weighted by Gasteiger charge is -2.14. The van der Waals surface area contributed by atoms with E-state index in [0.29, 0.717) is 11.3 Å². The molecule has 0 aliphatic heterocycles. The number of sulfone groups is 1. The van der Waals surface area contributed by atoms with Gasteiger partial charge in [-0.2, -0.15) is 0 Å². The average molecular weight is 368 g/mol. The molecule has 0 amide bonds. The lowest BCUT2D eigenvalue weighted by atomic mass is 10.2. The maximum atomic E-state index is 12.9. The number of carbonyl (C=O) groups excluding carboxylic acids is 1. The van der Waals surface area contributed by atoms with E-state index in [0.717, 1.165) is 5.56 Å². The average Bonchev–Trinajstić information content (AvgIpc) is 2.55. The molecule has 0 aromatic heterocycles. The minimum absolute atomic E-state index is 0.0816.